The van der Waals surface area contributed by atoms with E-state index in [4.69, 9.17) is 16.2 Å². The Morgan fingerprint density at radius 1 is 1.39 bits per heavy atom. The fraction of sp³-hybridized carbons (Fsp3) is 0.417. The first-order valence-corrected chi connectivity index (χ1v) is 6.01. The molecule has 1 aromatic carbocycles. The molecule has 0 fully saturated rings. The van der Waals surface area contributed by atoms with E-state index in [1.807, 2.05) is 18.2 Å². The Hall–Kier alpha value is -1.30. The summed E-state index contributed by atoms with van der Waals surface area (Å²) in [7, 11) is 0. The maximum atomic E-state index is 11.9. The van der Waals surface area contributed by atoms with Gasteiger partial charge < -0.3 is 4.74 Å². The molecule has 0 saturated carbocycles. The molecule has 0 saturated heterocycles. The number of rotatable bonds is 6. The lowest BCUT2D eigenvalue weighted by Gasteiger charge is -2.08. The van der Waals surface area contributed by atoms with E-state index in [0.29, 0.717) is 25.3 Å². The fourth-order valence-electron chi connectivity index (χ4n) is 1.21. The summed E-state index contributed by atoms with van der Waals surface area (Å²) in [5.41, 5.74) is 11.6. The molecule has 0 bridgehead atoms. The average molecular weight is 321 g/mol. The van der Waals surface area contributed by atoms with Crippen LogP contribution < -0.4 is 21.2 Å². The second-order valence-corrected chi connectivity index (χ2v) is 4.32. The summed E-state index contributed by atoms with van der Waals surface area (Å²) >= 11 is 3.39. The van der Waals surface area contributed by atoms with Gasteiger partial charge in [-0.3, -0.25) is 20.9 Å². The number of benzene rings is 1. The normalized spacial score (nSPS) is 9.44. The molecule has 0 heterocycles. The quantitative estimate of drug-likeness (QED) is 0.410. The first kappa shape index (κ1) is 16.7. The Balaban J connectivity index is 0.00000289. The maximum absolute atomic E-state index is 11.9. The molecule has 5 N–H and O–H groups in total. The van der Waals surface area contributed by atoms with E-state index in [9.17, 15) is 4.39 Å². The van der Waals surface area contributed by atoms with Crippen LogP contribution in [0.2, 0.25) is 0 Å². The van der Waals surface area contributed by atoms with E-state index in [2.05, 4.69) is 20.9 Å². The third kappa shape index (κ3) is 5.86. The van der Waals surface area contributed by atoms with Crippen molar-refractivity contribution >= 4 is 21.9 Å². The van der Waals surface area contributed by atoms with Crippen LogP contribution >= 0.6 is 15.9 Å². The molecule has 0 unspecified atom stereocenters. The van der Waals surface area contributed by atoms with Crippen LogP contribution in [0.25, 0.3) is 0 Å². The summed E-state index contributed by atoms with van der Waals surface area (Å²) in [6.45, 7) is 0.549. The minimum Gasteiger partial charge on any atom is -0.492 e. The van der Waals surface area contributed by atoms with Crippen LogP contribution in [-0.4, -0.2) is 19.2 Å². The lowest BCUT2D eigenvalue weighted by Crippen LogP contribution is -2.76. The van der Waals surface area contributed by atoms with Crippen molar-refractivity contribution in [3.8, 4) is 5.75 Å². The Bertz CT molecular complexity index is 395. The van der Waals surface area contributed by atoms with Crippen LogP contribution in [0.4, 0.5) is 4.39 Å². The highest BCUT2D eigenvalue weighted by Crippen LogP contribution is 2.25. The predicted octanol–water partition coefficient (Wildman–Crippen LogP) is 0.678. The van der Waals surface area contributed by atoms with E-state index in [1.54, 1.807) is 0 Å². The zero-order chi connectivity index (χ0) is 12.7. The summed E-state index contributed by atoms with van der Waals surface area (Å²) in [6.07, 6.45) is 0.397. The van der Waals surface area contributed by atoms with Crippen LogP contribution in [0.15, 0.2) is 22.7 Å². The standard InChI is InChI=1S/C11H15BrFN3O.CH4/c12-9-6-8(7-16-11(14)15)2-3-10(9)17-5-1-4-13;/h2-3,6H,1,4-5,7H2,(H4,14,15,16);1H4/p+1. The number of nitrogens with one attached hydrogen (secondary N) is 1. The minimum atomic E-state index is -0.370. The molecule has 0 atom stereocenters. The Morgan fingerprint density at radius 2 is 2.11 bits per heavy atom. The molecule has 4 nitrogen and oxygen atoms in total. The van der Waals surface area contributed by atoms with Gasteiger partial charge in [0.25, 0.3) is 0 Å². The van der Waals surface area contributed by atoms with Gasteiger partial charge in [0.2, 0.25) is 0 Å². The number of alkyl halides is 1. The first-order chi connectivity index (χ1) is 8.13. The zero-order valence-corrected chi connectivity index (χ0v) is 11.0. The first-order valence-electron chi connectivity index (χ1n) is 5.22. The molecular weight excluding hydrogens is 301 g/mol. The monoisotopic (exact) mass is 320 g/mol. The molecule has 102 valence electrons. The molecular formula is C12H20BrFN3O+. The number of guanidine groups is 1. The van der Waals surface area contributed by atoms with Crippen molar-refractivity contribution in [2.24, 2.45) is 11.5 Å². The summed E-state index contributed by atoms with van der Waals surface area (Å²) in [6, 6.07) is 5.62. The third-order valence-corrected chi connectivity index (χ3v) is 2.65. The van der Waals surface area contributed by atoms with E-state index in [0.717, 1.165) is 10.0 Å². The minimum absolute atomic E-state index is 0. The van der Waals surface area contributed by atoms with E-state index in [1.165, 1.54) is 0 Å². The second kappa shape index (κ2) is 8.74. The van der Waals surface area contributed by atoms with Gasteiger partial charge in [-0.25, -0.2) is 0 Å². The number of hydrogen-bond acceptors (Lipinski definition) is 1. The molecule has 1 rings (SSSR count). The molecule has 1 aromatic rings. The highest BCUT2D eigenvalue weighted by Gasteiger charge is 2.03. The van der Waals surface area contributed by atoms with Crippen molar-refractivity contribution in [2.75, 3.05) is 13.3 Å². The van der Waals surface area contributed by atoms with Crippen molar-refractivity contribution in [3.63, 3.8) is 0 Å². The number of nitrogens with two attached hydrogens (primary N) is 2. The molecule has 0 aliphatic carbocycles. The van der Waals surface area contributed by atoms with Crippen LogP contribution in [0, 0.1) is 0 Å². The van der Waals surface area contributed by atoms with Gasteiger partial charge in [-0.1, -0.05) is 13.5 Å². The van der Waals surface area contributed by atoms with Crippen molar-refractivity contribution < 1.29 is 14.1 Å². The number of hydrogen-bond donors (Lipinski definition) is 3. The van der Waals surface area contributed by atoms with Gasteiger partial charge in [-0.05, 0) is 33.6 Å². The van der Waals surface area contributed by atoms with Gasteiger partial charge in [-0.15, -0.1) is 0 Å². The Morgan fingerprint density at radius 3 is 2.67 bits per heavy atom. The molecule has 0 aliphatic rings. The summed E-state index contributed by atoms with van der Waals surface area (Å²) in [5, 5.41) is 0. The van der Waals surface area contributed by atoms with Gasteiger partial charge in [-0.2, -0.15) is 0 Å². The average Bonchev–Trinajstić information content (AvgIpc) is 2.29. The largest absolute Gasteiger partial charge is 0.492 e. The van der Waals surface area contributed by atoms with Crippen LogP contribution in [0.3, 0.4) is 0 Å². The van der Waals surface area contributed by atoms with Crippen molar-refractivity contribution in [1.29, 1.82) is 0 Å². The van der Waals surface area contributed by atoms with E-state index >= 15 is 0 Å². The van der Waals surface area contributed by atoms with Gasteiger partial charge in [0, 0.05) is 6.42 Å². The SMILES string of the molecule is C.NC(N)=[NH+]Cc1ccc(OCCCF)c(Br)c1. The van der Waals surface area contributed by atoms with Gasteiger partial charge in [0.15, 0.2) is 0 Å². The lowest BCUT2D eigenvalue weighted by molar-refractivity contribution is -0.477. The van der Waals surface area contributed by atoms with Gasteiger partial charge in [0.05, 0.1) is 24.3 Å². The number of ether oxygens (including phenoxy) is 1. The molecule has 0 radical (unpaired) electrons. The molecule has 0 aromatic heterocycles. The molecule has 0 aliphatic heterocycles. The molecule has 0 amide bonds. The van der Waals surface area contributed by atoms with Gasteiger partial charge >= 0.3 is 5.96 Å². The summed E-state index contributed by atoms with van der Waals surface area (Å²) in [5.74, 6) is 0.885. The molecule has 0 spiro atoms. The van der Waals surface area contributed by atoms with Crippen LogP contribution in [-0.2, 0) is 6.54 Å². The highest BCUT2D eigenvalue weighted by atomic mass is 79.9. The van der Waals surface area contributed by atoms with Crippen molar-refractivity contribution in [2.45, 2.75) is 20.4 Å². The predicted molar refractivity (Wildman–Crippen MR) is 75.0 cm³/mol. The van der Waals surface area contributed by atoms with Crippen molar-refractivity contribution in [3.05, 3.63) is 28.2 Å². The summed E-state index contributed by atoms with van der Waals surface area (Å²) in [4.78, 5) is 2.82. The highest BCUT2D eigenvalue weighted by molar-refractivity contribution is 9.10. The van der Waals surface area contributed by atoms with E-state index < -0.39 is 0 Å². The molecule has 6 heteroatoms. The Kier molecular flexibility index (Phi) is 8.11. The van der Waals surface area contributed by atoms with E-state index in [-0.39, 0.29) is 20.1 Å². The van der Waals surface area contributed by atoms with Gasteiger partial charge in [0.1, 0.15) is 5.75 Å². The Labute approximate surface area is 115 Å². The topological polar surface area (TPSA) is 75.2 Å². The fourth-order valence-corrected chi connectivity index (χ4v) is 1.75. The molecule has 18 heavy (non-hydrogen) atoms. The third-order valence-electron chi connectivity index (χ3n) is 2.03. The second-order valence-electron chi connectivity index (χ2n) is 3.46. The summed E-state index contributed by atoms with van der Waals surface area (Å²) < 4.78 is 18.1. The smallest absolute Gasteiger partial charge is 0.339 e. The van der Waals surface area contributed by atoms with Crippen molar-refractivity contribution in [1.82, 2.24) is 0 Å². The zero-order valence-electron chi connectivity index (χ0n) is 9.38. The number of halogens is 2. The van der Waals surface area contributed by atoms with Crippen LogP contribution in [0.5, 0.6) is 5.75 Å². The lowest BCUT2D eigenvalue weighted by atomic mass is 10.2. The maximum Gasteiger partial charge on any atom is 0.339 e. The van der Waals surface area contributed by atoms with Crippen LogP contribution in [0.1, 0.15) is 19.4 Å².